The van der Waals surface area contributed by atoms with E-state index in [2.05, 4.69) is 39.0 Å². The lowest BCUT2D eigenvalue weighted by Crippen LogP contribution is -1.92. The maximum atomic E-state index is 2.32. The maximum absolute atomic E-state index is 2.32. The highest BCUT2D eigenvalue weighted by Crippen LogP contribution is 2.14. The normalized spacial score (nSPS) is 10.2. The molecule has 1 aromatic rings. The summed E-state index contributed by atoms with van der Waals surface area (Å²) in [5.41, 5.74) is 4.44. The van der Waals surface area contributed by atoms with Gasteiger partial charge in [-0.05, 0) is 30.9 Å². The first-order chi connectivity index (χ1) is 5.77. The van der Waals surface area contributed by atoms with Gasteiger partial charge in [-0.15, -0.1) is 0 Å². The first-order valence-electron chi connectivity index (χ1n) is 4.86. The third kappa shape index (κ3) is 2.10. The van der Waals surface area contributed by atoms with E-state index in [-0.39, 0.29) is 0 Å². The van der Waals surface area contributed by atoms with Crippen molar-refractivity contribution in [2.24, 2.45) is 0 Å². The van der Waals surface area contributed by atoms with Gasteiger partial charge in [0.15, 0.2) is 0 Å². The molecule has 0 nitrogen and oxygen atoms in total. The molecule has 0 saturated heterocycles. The van der Waals surface area contributed by atoms with E-state index in [4.69, 9.17) is 0 Å². The second-order valence-corrected chi connectivity index (χ2v) is 3.38. The summed E-state index contributed by atoms with van der Waals surface area (Å²) in [5, 5.41) is 0. The van der Waals surface area contributed by atoms with Crippen molar-refractivity contribution >= 4 is 0 Å². The highest BCUT2D eigenvalue weighted by molar-refractivity contribution is 5.31. The molecule has 0 amide bonds. The van der Waals surface area contributed by atoms with Crippen LogP contribution in [0.5, 0.6) is 0 Å². The van der Waals surface area contributed by atoms with E-state index in [0.29, 0.717) is 0 Å². The van der Waals surface area contributed by atoms with E-state index in [0.717, 1.165) is 6.42 Å². The van der Waals surface area contributed by atoms with Gasteiger partial charge in [0.05, 0.1) is 0 Å². The summed E-state index contributed by atoms with van der Waals surface area (Å²) in [6.45, 7) is 6.63. The van der Waals surface area contributed by atoms with E-state index in [1.165, 1.54) is 24.0 Å². The van der Waals surface area contributed by atoms with Gasteiger partial charge in [-0.1, -0.05) is 44.0 Å². The molecule has 1 rings (SSSR count). The molecule has 66 valence electrons. The van der Waals surface area contributed by atoms with Crippen molar-refractivity contribution in [3.8, 4) is 0 Å². The molecule has 0 N–H and O–H groups in total. The molecule has 0 aliphatic heterocycles. The fourth-order valence-corrected chi connectivity index (χ4v) is 1.60. The van der Waals surface area contributed by atoms with Crippen molar-refractivity contribution in [2.45, 2.75) is 40.0 Å². The fraction of sp³-hybridized carbons (Fsp3) is 0.500. The molecular formula is C12H18. The summed E-state index contributed by atoms with van der Waals surface area (Å²) in [7, 11) is 0. The summed E-state index contributed by atoms with van der Waals surface area (Å²) in [6.07, 6.45) is 3.64. The van der Waals surface area contributed by atoms with Crippen molar-refractivity contribution < 1.29 is 0 Å². The Morgan fingerprint density at radius 3 is 2.42 bits per heavy atom. The second-order valence-electron chi connectivity index (χ2n) is 3.38. The van der Waals surface area contributed by atoms with E-state index in [1.807, 2.05) is 0 Å². The standard InChI is InChI=1S/C12H18/c1-4-6-12-9-10(3)7-8-11(12)5-2/h7-9H,4-6H2,1-3H3. The predicted octanol–water partition coefficient (Wildman–Crippen LogP) is 3.51. The molecule has 0 spiro atoms. The topological polar surface area (TPSA) is 0 Å². The molecule has 0 bridgehead atoms. The van der Waals surface area contributed by atoms with Crippen LogP contribution < -0.4 is 0 Å². The zero-order valence-electron chi connectivity index (χ0n) is 8.35. The Hall–Kier alpha value is -0.780. The van der Waals surface area contributed by atoms with Crippen LogP contribution in [0.1, 0.15) is 37.0 Å². The second kappa shape index (κ2) is 4.30. The molecule has 0 aromatic heterocycles. The summed E-state index contributed by atoms with van der Waals surface area (Å²) in [5.74, 6) is 0. The van der Waals surface area contributed by atoms with E-state index >= 15 is 0 Å². The Balaban J connectivity index is 2.95. The molecule has 0 heterocycles. The third-order valence-electron chi connectivity index (χ3n) is 2.26. The highest BCUT2D eigenvalue weighted by Gasteiger charge is 1.98. The number of hydrogen-bond donors (Lipinski definition) is 0. The summed E-state index contributed by atoms with van der Waals surface area (Å²) >= 11 is 0. The number of aryl methyl sites for hydroxylation is 3. The maximum Gasteiger partial charge on any atom is -0.0279 e. The van der Waals surface area contributed by atoms with Crippen LogP contribution in [0.4, 0.5) is 0 Å². The minimum Gasteiger partial charge on any atom is -0.0651 e. The Bertz CT molecular complexity index is 248. The first-order valence-corrected chi connectivity index (χ1v) is 4.86. The monoisotopic (exact) mass is 162 g/mol. The average molecular weight is 162 g/mol. The lowest BCUT2D eigenvalue weighted by molar-refractivity contribution is 0.897. The van der Waals surface area contributed by atoms with E-state index < -0.39 is 0 Å². The van der Waals surface area contributed by atoms with Crippen LogP contribution >= 0.6 is 0 Å². The fourth-order valence-electron chi connectivity index (χ4n) is 1.60. The molecule has 0 saturated carbocycles. The minimum absolute atomic E-state index is 1.16. The van der Waals surface area contributed by atoms with Gasteiger partial charge >= 0.3 is 0 Å². The molecule has 0 unspecified atom stereocenters. The zero-order chi connectivity index (χ0) is 8.97. The van der Waals surface area contributed by atoms with Crippen molar-refractivity contribution in [3.05, 3.63) is 34.9 Å². The number of hydrogen-bond acceptors (Lipinski definition) is 0. The SMILES string of the molecule is CCCc1cc(C)ccc1CC. The predicted molar refractivity (Wildman–Crippen MR) is 54.6 cm³/mol. The van der Waals surface area contributed by atoms with Crippen LogP contribution in [0.25, 0.3) is 0 Å². The van der Waals surface area contributed by atoms with Gasteiger partial charge in [0, 0.05) is 0 Å². The Morgan fingerprint density at radius 1 is 1.08 bits per heavy atom. The number of rotatable bonds is 3. The van der Waals surface area contributed by atoms with Crippen molar-refractivity contribution in [1.82, 2.24) is 0 Å². The molecule has 0 aliphatic rings. The molecular weight excluding hydrogens is 144 g/mol. The van der Waals surface area contributed by atoms with Crippen LogP contribution in [-0.2, 0) is 12.8 Å². The van der Waals surface area contributed by atoms with Crippen LogP contribution in [0, 0.1) is 6.92 Å². The Labute approximate surface area is 75.6 Å². The van der Waals surface area contributed by atoms with Gasteiger partial charge in [0.25, 0.3) is 0 Å². The molecule has 0 fully saturated rings. The van der Waals surface area contributed by atoms with Gasteiger partial charge in [0.2, 0.25) is 0 Å². The van der Waals surface area contributed by atoms with Crippen molar-refractivity contribution in [2.75, 3.05) is 0 Å². The van der Waals surface area contributed by atoms with Crippen molar-refractivity contribution in [1.29, 1.82) is 0 Å². The summed E-state index contributed by atoms with van der Waals surface area (Å²) in [6, 6.07) is 6.79. The van der Waals surface area contributed by atoms with E-state index in [9.17, 15) is 0 Å². The summed E-state index contributed by atoms with van der Waals surface area (Å²) < 4.78 is 0. The van der Waals surface area contributed by atoms with Gasteiger partial charge < -0.3 is 0 Å². The molecule has 1 aromatic carbocycles. The van der Waals surface area contributed by atoms with E-state index in [1.54, 1.807) is 5.56 Å². The first kappa shape index (κ1) is 9.31. The summed E-state index contributed by atoms with van der Waals surface area (Å²) in [4.78, 5) is 0. The zero-order valence-corrected chi connectivity index (χ0v) is 8.35. The lowest BCUT2D eigenvalue weighted by atomic mass is 9.99. The minimum atomic E-state index is 1.16. The quantitative estimate of drug-likeness (QED) is 0.638. The molecule has 0 heteroatoms. The molecule has 0 radical (unpaired) electrons. The molecule has 0 aliphatic carbocycles. The van der Waals surface area contributed by atoms with Crippen LogP contribution in [0.3, 0.4) is 0 Å². The highest BCUT2D eigenvalue weighted by atomic mass is 14.0. The van der Waals surface area contributed by atoms with Crippen molar-refractivity contribution in [3.63, 3.8) is 0 Å². The van der Waals surface area contributed by atoms with Gasteiger partial charge in [-0.25, -0.2) is 0 Å². The third-order valence-corrected chi connectivity index (χ3v) is 2.26. The van der Waals surface area contributed by atoms with Gasteiger partial charge in [-0.2, -0.15) is 0 Å². The Kier molecular flexibility index (Phi) is 3.33. The van der Waals surface area contributed by atoms with Crippen LogP contribution in [0.15, 0.2) is 18.2 Å². The number of benzene rings is 1. The lowest BCUT2D eigenvalue weighted by Gasteiger charge is -2.07. The largest absolute Gasteiger partial charge is 0.0651 e. The Morgan fingerprint density at radius 2 is 1.83 bits per heavy atom. The average Bonchev–Trinajstić information content (AvgIpc) is 2.05. The smallest absolute Gasteiger partial charge is 0.0279 e. The molecule has 12 heavy (non-hydrogen) atoms. The van der Waals surface area contributed by atoms with Gasteiger partial charge in [0.1, 0.15) is 0 Å². The molecule has 0 atom stereocenters. The van der Waals surface area contributed by atoms with Crippen LogP contribution in [-0.4, -0.2) is 0 Å². The van der Waals surface area contributed by atoms with Gasteiger partial charge in [-0.3, -0.25) is 0 Å². The van der Waals surface area contributed by atoms with Crippen LogP contribution in [0.2, 0.25) is 0 Å².